The number of carbonyl (C=O) groups excluding carboxylic acids is 1. The van der Waals surface area contributed by atoms with Crippen LogP contribution in [0.25, 0.3) is 0 Å². The third-order valence-corrected chi connectivity index (χ3v) is 8.95. The number of halogens is 4. The maximum Gasteiger partial charge on any atom is 0.393 e. The number of fused-ring (bicyclic) bond motifs is 2. The van der Waals surface area contributed by atoms with Gasteiger partial charge in [-0.05, 0) is 86.7 Å². The molecular weight excluding hydrogens is 490 g/mol. The summed E-state index contributed by atoms with van der Waals surface area (Å²) in [4.78, 5) is 25.5. The fourth-order valence-corrected chi connectivity index (χ4v) is 7.58. The summed E-state index contributed by atoms with van der Waals surface area (Å²) >= 11 is 0. The summed E-state index contributed by atoms with van der Waals surface area (Å²) in [7, 11) is 0. The Balaban J connectivity index is 1.39. The van der Waals surface area contributed by atoms with Gasteiger partial charge in [-0.1, -0.05) is 13.8 Å². The number of carbonyl (C=O) groups is 2. The SMILES string of the molecule is CC1CC2CC(C)CC(COc3cc(F)c(C(=O)N4CC(C(F)(F)F)CC4C(=O)O)cc3C3CC3)(C1)C2. The van der Waals surface area contributed by atoms with Crippen molar-refractivity contribution in [1.29, 1.82) is 0 Å². The van der Waals surface area contributed by atoms with E-state index in [9.17, 15) is 27.9 Å². The minimum atomic E-state index is -4.64. The van der Waals surface area contributed by atoms with Crippen LogP contribution in [0.2, 0.25) is 0 Å². The molecule has 4 aliphatic rings. The first-order chi connectivity index (χ1) is 17.3. The van der Waals surface area contributed by atoms with E-state index < -0.39 is 48.8 Å². The van der Waals surface area contributed by atoms with Crippen LogP contribution in [0.5, 0.6) is 5.75 Å². The van der Waals surface area contributed by atoms with E-state index in [-0.39, 0.29) is 16.9 Å². The molecule has 1 saturated heterocycles. The molecule has 5 rings (SSSR count). The molecule has 4 atom stereocenters. The molecular formula is C28H35F4NO4. The Morgan fingerprint density at radius 2 is 1.73 bits per heavy atom. The van der Waals surface area contributed by atoms with E-state index in [0.717, 1.165) is 32.1 Å². The zero-order valence-electron chi connectivity index (χ0n) is 21.3. The van der Waals surface area contributed by atoms with Gasteiger partial charge in [-0.15, -0.1) is 0 Å². The van der Waals surface area contributed by atoms with E-state index in [2.05, 4.69) is 13.8 Å². The molecule has 1 amide bonds. The molecule has 0 aromatic heterocycles. The molecule has 1 aromatic carbocycles. The molecule has 4 fully saturated rings. The Morgan fingerprint density at radius 1 is 1.08 bits per heavy atom. The van der Waals surface area contributed by atoms with E-state index in [4.69, 9.17) is 4.74 Å². The van der Waals surface area contributed by atoms with Gasteiger partial charge in [0.05, 0.1) is 18.1 Å². The largest absolute Gasteiger partial charge is 0.493 e. The number of nitrogens with zero attached hydrogens (tertiary/aromatic N) is 1. The molecule has 37 heavy (non-hydrogen) atoms. The smallest absolute Gasteiger partial charge is 0.393 e. The van der Waals surface area contributed by atoms with Gasteiger partial charge in [-0.3, -0.25) is 4.79 Å². The normalized spacial score (nSPS) is 33.9. The van der Waals surface area contributed by atoms with Crippen LogP contribution in [0.15, 0.2) is 12.1 Å². The Labute approximate surface area is 214 Å². The van der Waals surface area contributed by atoms with Gasteiger partial charge in [0.2, 0.25) is 0 Å². The number of amides is 1. The maximum absolute atomic E-state index is 15.3. The van der Waals surface area contributed by atoms with Gasteiger partial charge in [0, 0.05) is 18.0 Å². The van der Waals surface area contributed by atoms with Crippen molar-refractivity contribution >= 4 is 11.9 Å². The predicted octanol–water partition coefficient (Wildman–Crippen LogP) is 6.41. The number of ether oxygens (including phenoxy) is 1. The van der Waals surface area contributed by atoms with Gasteiger partial charge < -0.3 is 14.7 Å². The number of likely N-dealkylation sites (tertiary alicyclic amines) is 1. The number of hydrogen-bond acceptors (Lipinski definition) is 3. The number of alkyl halides is 3. The lowest BCUT2D eigenvalue weighted by atomic mass is 9.57. The third-order valence-electron chi connectivity index (χ3n) is 8.95. The summed E-state index contributed by atoms with van der Waals surface area (Å²) in [6.45, 7) is 4.23. The van der Waals surface area contributed by atoms with E-state index in [0.29, 0.717) is 40.6 Å². The van der Waals surface area contributed by atoms with Crippen LogP contribution in [0.3, 0.4) is 0 Å². The van der Waals surface area contributed by atoms with Crippen LogP contribution in [-0.4, -0.2) is 47.3 Å². The van der Waals surface area contributed by atoms with Crippen molar-refractivity contribution in [3.05, 3.63) is 29.1 Å². The number of aliphatic carboxylic acids is 1. The highest BCUT2D eigenvalue weighted by molar-refractivity contribution is 5.97. The van der Waals surface area contributed by atoms with Gasteiger partial charge in [0.15, 0.2) is 0 Å². The van der Waals surface area contributed by atoms with Crippen molar-refractivity contribution in [2.45, 2.75) is 83.4 Å². The van der Waals surface area contributed by atoms with E-state index in [1.54, 1.807) is 0 Å². The van der Waals surface area contributed by atoms with Crippen LogP contribution in [0.1, 0.15) is 87.1 Å². The number of carboxylic acids is 1. The average molecular weight is 526 g/mol. The van der Waals surface area contributed by atoms with Crippen molar-refractivity contribution in [3.8, 4) is 5.75 Å². The second kappa shape index (κ2) is 9.45. The Morgan fingerprint density at radius 3 is 2.30 bits per heavy atom. The van der Waals surface area contributed by atoms with Crippen molar-refractivity contribution in [1.82, 2.24) is 4.90 Å². The minimum Gasteiger partial charge on any atom is -0.493 e. The summed E-state index contributed by atoms with van der Waals surface area (Å²) in [5.41, 5.74) is 0.339. The summed E-state index contributed by atoms with van der Waals surface area (Å²) in [5, 5.41) is 9.46. The molecule has 1 aromatic rings. The molecule has 4 unspecified atom stereocenters. The lowest BCUT2D eigenvalue weighted by Crippen LogP contribution is -2.43. The molecule has 204 valence electrons. The average Bonchev–Trinajstić information content (AvgIpc) is 3.51. The first-order valence-electron chi connectivity index (χ1n) is 13.4. The van der Waals surface area contributed by atoms with E-state index in [1.807, 2.05) is 0 Å². The van der Waals surface area contributed by atoms with Crippen LogP contribution < -0.4 is 4.74 Å². The third kappa shape index (κ3) is 5.32. The first kappa shape index (κ1) is 26.3. The van der Waals surface area contributed by atoms with Crippen LogP contribution in [-0.2, 0) is 4.79 Å². The highest BCUT2D eigenvalue weighted by atomic mass is 19.4. The summed E-state index contributed by atoms with van der Waals surface area (Å²) < 4.78 is 61.5. The van der Waals surface area contributed by atoms with Crippen molar-refractivity contribution in [2.24, 2.45) is 29.1 Å². The topological polar surface area (TPSA) is 66.8 Å². The van der Waals surface area contributed by atoms with Gasteiger partial charge >= 0.3 is 12.1 Å². The molecule has 1 heterocycles. The molecule has 3 saturated carbocycles. The summed E-state index contributed by atoms with van der Waals surface area (Å²) in [6, 6.07) is 0.922. The van der Waals surface area contributed by atoms with Crippen molar-refractivity contribution in [3.63, 3.8) is 0 Å². The standard InChI is InChI=1S/C28H35F4NO4/c1-15-5-17-6-16(2)11-27(10-15,12-17)14-37-24-9-22(29)21(8-20(24)18-3-4-18)25(34)33-13-19(28(30,31)32)7-23(33)26(35)36/h8-9,15-19,23H,3-7,10-14H2,1-2H3,(H,35,36). The molecule has 1 aliphatic heterocycles. The zero-order chi connectivity index (χ0) is 26.7. The monoisotopic (exact) mass is 525 g/mol. The Bertz CT molecular complexity index is 1050. The number of hydrogen-bond donors (Lipinski definition) is 1. The lowest BCUT2D eigenvalue weighted by molar-refractivity contribution is -0.170. The zero-order valence-corrected chi connectivity index (χ0v) is 21.3. The maximum atomic E-state index is 15.3. The summed E-state index contributed by atoms with van der Waals surface area (Å²) in [5.74, 6) is -3.01. The molecule has 5 nitrogen and oxygen atoms in total. The number of benzene rings is 1. The predicted molar refractivity (Wildman–Crippen MR) is 128 cm³/mol. The molecule has 3 aliphatic carbocycles. The first-order valence-corrected chi connectivity index (χ1v) is 13.4. The second-order valence-electron chi connectivity index (χ2n) is 12.4. The molecule has 1 N–H and O–H groups in total. The van der Waals surface area contributed by atoms with E-state index >= 15 is 4.39 Å². The second-order valence-corrected chi connectivity index (χ2v) is 12.4. The highest BCUT2D eigenvalue weighted by Crippen LogP contribution is 2.53. The molecule has 0 radical (unpaired) electrons. The lowest BCUT2D eigenvalue weighted by Gasteiger charge is -2.49. The van der Waals surface area contributed by atoms with Crippen molar-refractivity contribution in [2.75, 3.05) is 13.2 Å². The molecule has 0 spiro atoms. The Kier molecular flexibility index (Phi) is 6.72. The van der Waals surface area contributed by atoms with Crippen molar-refractivity contribution < 1.29 is 37.0 Å². The van der Waals surface area contributed by atoms with Crippen LogP contribution in [0.4, 0.5) is 17.6 Å². The molecule has 9 heteroatoms. The van der Waals surface area contributed by atoms with Gasteiger partial charge in [0.1, 0.15) is 17.6 Å². The van der Waals surface area contributed by atoms with Crippen LogP contribution in [0, 0.1) is 34.9 Å². The summed E-state index contributed by atoms with van der Waals surface area (Å²) in [6.07, 6.45) is 2.04. The van der Waals surface area contributed by atoms with Gasteiger partial charge in [-0.2, -0.15) is 13.2 Å². The number of rotatable bonds is 6. The fourth-order valence-electron chi connectivity index (χ4n) is 7.58. The highest BCUT2D eigenvalue weighted by Gasteiger charge is 2.51. The molecule has 2 bridgehead atoms. The quantitative estimate of drug-likeness (QED) is 0.436. The Hall–Kier alpha value is -2.32. The van der Waals surface area contributed by atoms with Gasteiger partial charge in [0.25, 0.3) is 5.91 Å². The minimum absolute atomic E-state index is 0.0443. The van der Waals surface area contributed by atoms with Gasteiger partial charge in [-0.25, -0.2) is 9.18 Å². The fraction of sp³-hybridized carbons (Fsp3) is 0.714. The number of carboxylic acid groups (broad SMARTS) is 1. The van der Waals surface area contributed by atoms with Crippen LogP contribution >= 0.6 is 0 Å². The van der Waals surface area contributed by atoms with E-state index in [1.165, 1.54) is 25.0 Å².